The highest BCUT2D eigenvalue weighted by atomic mass is 19.4. The van der Waals surface area contributed by atoms with Crippen molar-refractivity contribution in [1.82, 2.24) is 10.6 Å². The standard InChI is InChI=1S/C17H18F4N2O/c18-12-7-10(17(19,20)21)3-4-11(12)15(8-1-2-8)23-16(24)14-6-9-5-13(9)22-14/h3-4,7-9,13-15,22H,1-2,5-6H2,(H,23,24)/t9-,13-,14-,15?/m1/s1. The van der Waals surface area contributed by atoms with E-state index < -0.39 is 23.6 Å². The number of rotatable bonds is 4. The predicted octanol–water partition coefficient (Wildman–Crippen LogP) is 3.16. The fourth-order valence-corrected chi connectivity index (χ4v) is 3.61. The highest BCUT2D eigenvalue weighted by Crippen LogP contribution is 2.44. The first-order valence-corrected chi connectivity index (χ1v) is 8.26. The van der Waals surface area contributed by atoms with Gasteiger partial charge in [-0.1, -0.05) is 6.07 Å². The van der Waals surface area contributed by atoms with Gasteiger partial charge in [-0.15, -0.1) is 0 Å². The molecule has 2 N–H and O–H groups in total. The molecule has 24 heavy (non-hydrogen) atoms. The Kier molecular flexibility index (Phi) is 3.60. The molecule has 0 spiro atoms. The summed E-state index contributed by atoms with van der Waals surface area (Å²) in [4.78, 5) is 12.4. The summed E-state index contributed by atoms with van der Waals surface area (Å²) >= 11 is 0. The van der Waals surface area contributed by atoms with Crippen LogP contribution in [0.5, 0.6) is 0 Å². The van der Waals surface area contributed by atoms with Gasteiger partial charge in [-0.2, -0.15) is 13.2 Å². The molecule has 4 atom stereocenters. The Hall–Kier alpha value is -1.63. The third kappa shape index (κ3) is 3.01. The van der Waals surface area contributed by atoms with Crippen molar-refractivity contribution in [3.63, 3.8) is 0 Å². The molecule has 1 aliphatic heterocycles. The van der Waals surface area contributed by atoms with Gasteiger partial charge in [-0.25, -0.2) is 4.39 Å². The molecule has 1 saturated heterocycles. The largest absolute Gasteiger partial charge is 0.416 e. The molecule has 2 aliphatic carbocycles. The van der Waals surface area contributed by atoms with Crippen molar-refractivity contribution in [2.24, 2.45) is 11.8 Å². The summed E-state index contributed by atoms with van der Waals surface area (Å²) in [6.45, 7) is 0. The number of amides is 1. The van der Waals surface area contributed by atoms with Gasteiger partial charge in [-0.05, 0) is 49.7 Å². The van der Waals surface area contributed by atoms with Gasteiger partial charge < -0.3 is 10.6 Å². The lowest BCUT2D eigenvalue weighted by molar-refractivity contribution is -0.137. The summed E-state index contributed by atoms with van der Waals surface area (Å²) in [5, 5.41) is 6.09. The number of carbonyl (C=O) groups excluding carboxylic acids is 1. The third-order valence-electron chi connectivity index (χ3n) is 5.25. The van der Waals surface area contributed by atoms with Gasteiger partial charge >= 0.3 is 6.18 Å². The van der Waals surface area contributed by atoms with E-state index in [1.54, 1.807) is 0 Å². The number of halogens is 4. The Morgan fingerprint density at radius 3 is 2.54 bits per heavy atom. The maximum Gasteiger partial charge on any atom is 0.416 e. The van der Waals surface area contributed by atoms with Crippen molar-refractivity contribution in [2.75, 3.05) is 0 Å². The monoisotopic (exact) mass is 342 g/mol. The zero-order valence-corrected chi connectivity index (χ0v) is 12.9. The Morgan fingerprint density at radius 1 is 1.25 bits per heavy atom. The molecule has 3 aliphatic rings. The van der Waals surface area contributed by atoms with Crippen LogP contribution in [0.2, 0.25) is 0 Å². The van der Waals surface area contributed by atoms with Gasteiger partial charge in [0.1, 0.15) is 5.82 Å². The molecule has 0 radical (unpaired) electrons. The van der Waals surface area contributed by atoms with Crippen LogP contribution in [-0.4, -0.2) is 18.0 Å². The minimum absolute atomic E-state index is 0.0936. The molecule has 2 saturated carbocycles. The maximum absolute atomic E-state index is 14.2. The van der Waals surface area contributed by atoms with Gasteiger partial charge in [0, 0.05) is 11.6 Å². The van der Waals surface area contributed by atoms with Crippen LogP contribution in [0, 0.1) is 17.7 Å². The number of carbonyl (C=O) groups is 1. The third-order valence-corrected chi connectivity index (χ3v) is 5.25. The summed E-state index contributed by atoms with van der Waals surface area (Å²) in [6, 6.07) is 2.14. The molecule has 1 unspecified atom stereocenters. The summed E-state index contributed by atoms with van der Waals surface area (Å²) in [5.74, 6) is -0.443. The van der Waals surface area contributed by atoms with E-state index in [1.807, 2.05) is 0 Å². The van der Waals surface area contributed by atoms with Gasteiger partial charge in [0.05, 0.1) is 17.6 Å². The van der Waals surface area contributed by atoms with Crippen molar-refractivity contribution >= 4 is 5.91 Å². The smallest absolute Gasteiger partial charge is 0.348 e. The Morgan fingerprint density at radius 2 is 2.00 bits per heavy atom. The maximum atomic E-state index is 14.2. The van der Waals surface area contributed by atoms with Crippen LogP contribution >= 0.6 is 0 Å². The average Bonchev–Trinajstić information content (AvgIpc) is 3.43. The quantitative estimate of drug-likeness (QED) is 0.826. The topological polar surface area (TPSA) is 41.1 Å². The molecule has 1 amide bonds. The molecule has 4 rings (SSSR count). The van der Waals surface area contributed by atoms with Crippen molar-refractivity contribution in [3.05, 3.63) is 35.1 Å². The minimum atomic E-state index is -4.58. The SMILES string of the molecule is O=C(NC(c1ccc(C(F)(F)F)cc1F)C1CC1)[C@H]1C[C@H]2C[C@H]2N1. The van der Waals surface area contributed by atoms with E-state index in [0.29, 0.717) is 18.0 Å². The van der Waals surface area contributed by atoms with Crippen LogP contribution in [0.15, 0.2) is 18.2 Å². The number of benzene rings is 1. The predicted molar refractivity (Wildman–Crippen MR) is 78.4 cm³/mol. The van der Waals surface area contributed by atoms with E-state index in [1.165, 1.54) is 0 Å². The lowest BCUT2D eigenvalue weighted by Gasteiger charge is -2.23. The number of hydrogen-bond donors (Lipinski definition) is 2. The lowest BCUT2D eigenvalue weighted by Crippen LogP contribution is -2.44. The van der Waals surface area contributed by atoms with Crippen molar-refractivity contribution < 1.29 is 22.4 Å². The fourth-order valence-electron chi connectivity index (χ4n) is 3.61. The highest BCUT2D eigenvalue weighted by molar-refractivity contribution is 5.83. The summed E-state index contributed by atoms with van der Waals surface area (Å²) in [6.07, 6.45) is -1.01. The fraction of sp³-hybridized carbons (Fsp3) is 0.588. The molecule has 3 nitrogen and oxygen atoms in total. The number of hydrogen-bond acceptors (Lipinski definition) is 2. The average molecular weight is 342 g/mol. The van der Waals surface area contributed by atoms with E-state index in [0.717, 1.165) is 37.8 Å². The summed E-state index contributed by atoms with van der Waals surface area (Å²) in [7, 11) is 0. The van der Waals surface area contributed by atoms with Gasteiger partial charge in [-0.3, -0.25) is 4.79 Å². The van der Waals surface area contributed by atoms with Crippen molar-refractivity contribution in [3.8, 4) is 0 Å². The zero-order valence-electron chi connectivity index (χ0n) is 12.9. The number of piperidine rings is 1. The van der Waals surface area contributed by atoms with Crippen LogP contribution in [0.4, 0.5) is 17.6 Å². The Labute approximate surface area is 136 Å². The summed E-state index contributed by atoms with van der Waals surface area (Å²) < 4.78 is 52.3. The normalized spacial score (nSPS) is 29.9. The number of nitrogens with one attached hydrogen (secondary N) is 2. The van der Waals surface area contributed by atoms with Crippen molar-refractivity contribution in [2.45, 2.75) is 50.0 Å². The second kappa shape index (κ2) is 5.44. The Bertz CT molecular complexity index is 661. The van der Waals surface area contributed by atoms with Crippen LogP contribution in [0.1, 0.15) is 42.9 Å². The van der Waals surface area contributed by atoms with Crippen LogP contribution in [0.25, 0.3) is 0 Å². The van der Waals surface area contributed by atoms with E-state index in [2.05, 4.69) is 10.6 Å². The zero-order chi connectivity index (χ0) is 17.1. The summed E-state index contributed by atoms with van der Waals surface area (Å²) in [5.41, 5.74) is -0.871. The Balaban J connectivity index is 1.51. The molecule has 1 aromatic carbocycles. The van der Waals surface area contributed by atoms with Gasteiger partial charge in [0.15, 0.2) is 0 Å². The molecule has 0 aromatic heterocycles. The van der Waals surface area contributed by atoms with Crippen LogP contribution in [0.3, 0.4) is 0 Å². The van der Waals surface area contributed by atoms with Crippen LogP contribution in [-0.2, 0) is 11.0 Å². The first-order valence-electron chi connectivity index (χ1n) is 8.26. The second-order valence-corrected chi connectivity index (χ2v) is 7.11. The van der Waals surface area contributed by atoms with E-state index in [4.69, 9.17) is 0 Å². The molecule has 1 aromatic rings. The van der Waals surface area contributed by atoms with E-state index >= 15 is 0 Å². The molecule has 130 valence electrons. The molecule has 1 heterocycles. The van der Waals surface area contributed by atoms with Gasteiger partial charge in [0.2, 0.25) is 5.91 Å². The lowest BCUT2D eigenvalue weighted by atomic mass is 9.99. The minimum Gasteiger partial charge on any atom is -0.348 e. The van der Waals surface area contributed by atoms with Crippen molar-refractivity contribution in [1.29, 1.82) is 0 Å². The van der Waals surface area contributed by atoms with E-state index in [9.17, 15) is 22.4 Å². The number of alkyl halides is 3. The molecule has 7 heteroatoms. The van der Waals surface area contributed by atoms with Gasteiger partial charge in [0.25, 0.3) is 0 Å². The molecule has 0 bridgehead atoms. The first-order chi connectivity index (χ1) is 11.3. The highest BCUT2D eigenvalue weighted by Gasteiger charge is 2.48. The first kappa shape index (κ1) is 15.9. The van der Waals surface area contributed by atoms with Crippen LogP contribution < -0.4 is 10.6 Å². The number of fused-ring (bicyclic) bond motifs is 1. The molecular weight excluding hydrogens is 324 g/mol. The molecular formula is C17H18F4N2O. The molecule has 3 fully saturated rings. The van der Waals surface area contributed by atoms with E-state index in [-0.39, 0.29) is 23.4 Å². The second-order valence-electron chi connectivity index (χ2n) is 7.11.